The molecule has 1 aliphatic heterocycles. The molecule has 1 saturated heterocycles. The van der Waals surface area contributed by atoms with Crippen LogP contribution in [0.5, 0.6) is 0 Å². The minimum Gasteiger partial charge on any atom is -0.312 e. The first-order valence-corrected chi connectivity index (χ1v) is 9.62. The molecule has 1 unspecified atom stereocenters. The van der Waals surface area contributed by atoms with Gasteiger partial charge in [-0.2, -0.15) is 11.8 Å². The molecule has 0 bridgehead atoms. The second kappa shape index (κ2) is 7.43. The Morgan fingerprint density at radius 3 is 2.81 bits per heavy atom. The number of thioether (sulfide) groups is 1. The first-order valence-electron chi connectivity index (χ1n) is 7.76. The number of aromatic nitrogens is 1. The normalized spacial score (nSPS) is 18.8. The maximum Gasteiger partial charge on any atom is 0.107 e. The second-order valence-corrected chi connectivity index (χ2v) is 7.75. The fourth-order valence-electron chi connectivity index (χ4n) is 2.62. The van der Waals surface area contributed by atoms with Crippen molar-refractivity contribution in [3.05, 3.63) is 40.2 Å². The van der Waals surface area contributed by atoms with Crippen LogP contribution in [0.15, 0.2) is 30.3 Å². The van der Waals surface area contributed by atoms with Crippen molar-refractivity contribution in [3.8, 4) is 11.3 Å². The Morgan fingerprint density at radius 1 is 1.24 bits per heavy atom. The molecule has 0 radical (unpaired) electrons. The number of hydrogen-bond donors (Lipinski definition) is 1. The SMILES string of the molecule is CCNCc1sc(C2CCCCS2)nc1-c1ccccc1. The lowest BCUT2D eigenvalue weighted by Gasteiger charge is -2.18. The predicted molar refractivity (Wildman–Crippen MR) is 94.0 cm³/mol. The van der Waals surface area contributed by atoms with Crippen LogP contribution in [0, 0.1) is 0 Å². The fraction of sp³-hybridized carbons (Fsp3) is 0.471. The molecule has 112 valence electrons. The van der Waals surface area contributed by atoms with Gasteiger partial charge in [-0.05, 0) is 25.1 Å². The van der Waals surface area contributed by atoms with Gasteiger partial charge in [0.15, 0.2) is 0 Å². The van der Waals surface area contributed by atoms with E-state index in [1.165, 1.54) is 46.2 Å². The summed E-state index contributed by atoms with van der Waals surface area (Å²) in [6.07, 6.45) is 4.00. The summed E-state index contributed by atoms with van der Waals surface area (Å²) >= 11 is 3.99. The van der Waals surface area contributed by atoms with E-state index < -0.39 is 0 Å². The number of rotatable bonds is 5. The van der Waals surface area contributed by atoms with E-state index in [1.54, 1.807) is 0 Å². The van der Waals surface area contributed by atoms with Crippen molar-refractivity contribution < 1.29 is 0 Å². The average molecular weight is 319 g/mol. The van der Waals surface area contributed by atoms with Crippen LogP contribution in [-0.2, 0) is 6.54 Å². The van der Waals surface area contributed by atoms with Gasteiger partial charge in [-0.3, -0.25) is 0 Å². The van der Waals surface area contributed by atoms with Crippen molar-refractivity contribution in [1.29, 1.82) is 0 Å². The lowest BCUT2D eigenvalue weighted by Crippen LogP contribution is -2.11. The molecule has 1 aromatic carbocycles. The molecular formula is C17H22N2S2. The van der Waals surface area contributed by atoms with Gasteiger partial charge in [-0.1, -0.05) is 43.7 Å². The predicted octanol–water partition coefficient (Wildman–Crippen LogP) is 4.88. The molecule has 0 amide bonds. The summed E-state index contributed by atoms with van der Waals surface area (Å²) < 4.78 is 0. The van der Waals surface area contributed by atoms with E-state index in [4.69, 9.17) is 4.98 Å². The third kappa shape index (κ3) is 3.68. The first-order chi connectivity index (χ1) is 10.4. The van der Waals surface area contributed by atoms with Crippen LogP contribution < -0.4 is 5.32 Å². The zero-order valence-electron chi connectivity index (χ0n) is 12.5. The Labute approximate surface area is 135 Å². The highest BCUT2D eigenvalue weighted by Crippen LogP contribution is 2.42. The number of nitrogens with one attached hydrogen (secondary N) is 1. The van der Waals surface area contributed by atoms with E-state index in [2.05, 4.69) is 54.3 Å². The van der Waals surface area contributed by atoms with Gasteiger partial charge >= 0.3 is 0 Å². The van der Waals surface area contributed by atoms with Crippen LogP contribution in [0.4, 0.5) is 0 Å². The van der Waals surface area contributed by atoms with Gasteiger partial charge in [0.05, 0.1) is 10.9 Å². The average Bonchev–Trinajstić information content (AvgIpc) is 2.99. The molecule has 0 aliphatic carbocycles. The zero-order valence-corrected chi connectivity index (χ0v) is 14.1. The van der Waals surface area contributed by atoms with Gasteiger partial charge < -0.3 is 5.32 Å². The molecule has 1 fully saturated rings. The van der Waals surface area contributed by atoms with Gasteiger partial charge in [0.2, 0.25) is 0 Å². The van der Waals surface area contributed by atoms with Crippen molar-refractivity contribution >= 4 is 23.1 Å². The molecule has 3 rings (SSSR count). The quantitative estimate of drug-likeness (QED) is 0.850. The Hall–Kier alpha value is -0.840. The fourth-order valence-corrected chi connectivity index (χ4v) is 5.23. The monoisotopic (exact) mass is 318 g/mol. The van der Waals surface area contributed by atoms with Crippen molar-refractivity contribution in [2.75, 3.05) is 12.3 Å². The van der Waals surface area contributed by atoms with Gasteiger partial charge in [0.25, 0.3) is 0 Å². The molecule has 1 N–H and O–H groups in total. The maximum absolute atomic E-state index is 5.01. The van der Waals surface area contributed by atoms with Crippen LogP contribution in [-0.4, -0.2) is 17.3 Å². The van der Waals surface area contributed by atoms with E-state index in [0.29, 0.717) is 5.25 Å². The number of hydrogen-bond acceptors (Lipinski definition) is 4. The topological polar surface area (TPSA) is 24.9 Å². The molecular weight excluding hydrogens is 296 g/mol. The number of benzene rings is 1. The minimum absolute atomic E-state index is 0.613. The molecule has 0 saturated carbocycles. The Morgan fingerprint density at radius 2 is 2.10 bits per heavy atom. The van der Waals surface area contributed by atoms with Crippen LogP contribution in [0.25, 0.3) is 11.3 Å². The highest BCUT2D eigenvalue weighted by Gasteiger charge is 2.22. The first kappa shape index (κ1) is 15.1. The Bertz CT molecular complexity index is 559. The highest BCUT2D eigenvalue weighted by atomic mass is 32.2. The minimum atomic E-state index is 0.613. The van der Waals surface area contributed by atoms with E-state index in [0.717, 1.165) is 13.1 Å². The Balaban J connectivity index is 1.90. The molecule has 1 atom stereocenters. The summed E-state index contributed by atoms with van der Waals surface area (Å²) in [5, 5.41) is 5.39. The summed E-state index contributed by atoms with van der Waals surface area (Å²) in [5.41, 5.74) is 2.43. The van der Waals surface area contributed by atoms with Crippen LogP contribution >= 0.6 is 23.1 Å². The van der Waals surface area contributed by atoms with Crippen LogP contribution in [0.1, 0.15) is 41.3 Å². The summed E-state index contributed by atoms with van der Waals surface area (Å²) in [7, 11) is 0. The van der Waals surface area contributed by atoms with Crippen LogP contribution in [0.3, 0.4) is 0 Å². The number of nitrogens with zero attached hydrogens (tertiary/aromatic N) is 1. The van der Waals surface area contributed by atoms with Crippen LogP contribution in [0.2, 0.25) is 0 Å². The van der Waals surface area contributed by atoms with Gasteiger partial charge in [0.1, 0.15) is 5.01 Å². The standard InChI is InChI=1S/C17H22N2S2/c1-2-18-12-15-16(13-8-4-3-5-9-13)19-17(21-15)14-10-6-7-11-20-14/h3-5,8-9,14,18H,2,6-7,10-12H2,1H3. The third-order valence-electron chi connectivity index (χ3n) is 3.75. The van der Waals surface area contributed by atoms with Crippen molar-refractivity contribution in [3.63, 3.8) is 0 Å². The Kier molecular flexibility index (Phi) is 5.33. The highest BCUT2D eigenvalue weighted by molar-refractivity contribution is 7.99. The molecule has 1 aromatic heterocycles. The van der Waals surface area contributed by atoms with Gasteiger partial charge in [-0.15, -0.1) is 11.3 Å². The summed E-state index contributed by atoms with van der Waals surface area (Å²) in [4.78, 5) is 6.39. The van der Waals surface area contributed by atoms with Crippen molar-refractivity contribution in [2.24, 2.45) is 0 Å². The molecule has 0 spiro atoms. The smallest absolute Gasteiger partial charge is 0.107 e. The van der Waals surface area contributed by atoms with Crippen molar-refractivity contribution in [2.45, 2.75) is 38.0 Å². The van der Waals surface area contributed by atoms with E-state index >= 15 is 0 Å². The lowest BCUT2D eigenvalue weighted by atomic mass is 10.1. The largest absolute Gasteiger partial charge is 0.312 e. The summed E-state index contributed by atoms with van der Waals surface area (Å²) in [6, 6.07) is 10.6. The second-order valence-electron chi connectivity index (χ2n) is 5.33. The molecule has 4 heteroatoms. The third-order valence-corrected chi connectivity index (χ3v) is 6.46. The molecule has 21 heavy (non-hydrogen) atoms. The van der Waals surface area contributed by atoms with E-state index in [-0.39, 0.29) is 0 Å². The zero-order chi connectivity index (χ0) is 14.5. The maximum atomic E-state index is 5.01. The van der Waals surface area contributed by atoms with E-state index in [1.807, 2.05) is 11.3 Å². The number of thiazole rings is 1. The van der Waals surface area contributed by atoms with Gasteiger partial charge in [-0.25, -0.2) is 4.98 Å². The lowest BCUT2D eigenvalue weighted by molar-refractivity contribution is 0.684. The summed E-state index contributed by atoms with van der Waals surface area (Å²) in [6.45, 7) is 4.08. The molecule has 2 nitrogen and oxygen atoms in total. The summed E-state index contributed by atoms with van der Waals surface area (Å²) in [5.74, 6) is 1.29. The molecule has 1 aliphatic rings. The molecule has 2 heterocycles. The van der Waals surface area contributed by atoms with E-state index in [9.17, 15) is 0 Å². The van der Waals surface area contributed by atoms with Crippen molar-refractivity contribution in [1.82, 2.24) is 10.3 Å². The van der Waals surface area contributed by atoms with Gasteiger partial charge in [0, 0.05) is 17.0 Å². The molecule has 2 aromatic rings.